The average molecular weight is 292 g/mol. The second-order valence-corrected chi connectivity index (χ2v) is 5.09. The number of carbonyl (C=O) groups is 1. The molecule has 4 nitrogen and oxygen atoms in total. The quantitative estimate of drug-likeness (QED) is 0.882. The molecule has 0 saturated carbocycles. The molecule has 0 fully saturated rings. The zero-order valence-corrected chi connectivity index (χ0v) is 12.2. The second kappa shape index (κ2) is 7.10. The molecule has 1 amide bonds. The standard InChI is InChI=1S/C15H18ClN3O/c1-2-3-7-15(20)18-14-8-9-17-19(14)11-12-5-4-6-13(16)10-12/h4-6,8-10H,2-3,7,11H2,1H3,(H,18,20). The van der Waals surface area contributed by atoms with E-state index in [1.807, 2.05) is 24.3 Å². The Morgan fingerprint density at radius 2 is 2.25 bits per heavy atom. The Labute approximate surface area is 123 Å². The molecule has 0 aliphatic rings. The fourth-order valence-corrected chi connectivity index (χ4v) is 2.13. The van der Waals surface area contributed by atoms with Gasteiger partial charge < -0.3 is 5.32 Å². The number of hydrogen-bond acceptors (Lipinski definition) is 2. The van der Waals surface area contributed by atoms with Crippen LogP contribution in [0.5, 0.6) is 0 Å². The van der Waals surface area contributed by atoms with Gasteiger partial charge in [0.2, 0.25) is 5.91 Å². The van der Waals surface area contributed by atoms with Gasteiger partial charge in [-0.25, -0.2) is 4.68 Å². The maximum atomic E-state index is 11.8. The highest BCUT2D eigenvalue weighted by atomic mass is 35.5. The van der Waals surface area contributed by atoms with Crippen LogP contribution in [-0.2, 0) is 11.3 Å². The van der Waals surface area contributed by atoms with E-state index in [1.54, 1.807) is 16.9 Å². The van der Waals surface area contributed by atoms with E-state index < -0.39 is 0 Å². The first kappa shape index (κ1) is 14.6. The summed E-state index contributed by atoms with van der Waals surface area (Å²) in [6.07, 6.45) is 4.13. The third-order valence-electron chi connectivity index (χ3n) is 2.96. The predicted molar refractivity (Wildman–Crippen MR) is 80.9 cm³/mol. The summed E-state index contributed by atoms with van der Waals surface area (Å²) >= 11 is 5.97. The van der Waals surface area contributed by atoms with Gasteiger partial charge in [-0.2, -0.15) is 5.10 Å². The topological polar surface area (TPSA) is 46.9 Å². The second-order valence-electron chi connectivity index (χ2n) is 4.66. The molecular weight excluding hydrogens is 274 g/mol. The Morgan fingerprint density at radius 3 is 3.00 bits per heavy atom. The number of benzene rings is 1. The highest BCUT2D eigenvalue weighted by molar-refractivity contribution is 6.30. The van der Waals surface area contributed by atoms with Gasteiger partial charge in [0.15, 0.2) is 0 Å². The Bertz CT molecular complexity index is 580. The minimum Gasteiger partial charge on any atom is -0.311 e. The number of rotatable bonds is 6. The molecule has 0 bridgehead atoms. The lowest BCUT2D eigenvalue weighted by atomic mass is 10.2. The fourth-order valence-electron chi connectivity index (χ4n) is 1.92. The SMILES string of the molecule is CCCCC(=O)Nc1ccnn1Cc1cccc(Cl)c1. The van der Waals surface area contributed by atoms with Crippen molar-refractivity contribution >= 4 is 23.3 Å². The van der Waals surface area contributed by atoms with Gasteiger partial charge in [0, 0.05) is 17.5 Å². The summed E-state index contributed by atoms with van der Waals surface area (Å²) in [4.78, 5) is 11.8. The number of anilines is 1. The molecule has 0 unspecified atom stereocenters. The number of hydrogen-bond donors (Lipinski definition) is 1. The van der Waals surface area contributed by atoms with Crippen molar-refractivity contribution in [1.82, 2.24) is 9.78 Å². The first-order valence-corrected chi connectivity index (χ1v) is 7.13. The average Bonchev–Trinajstić information content (AvgIpc) is 2.83. The van der Waals surface area contributed by atoms with Crippen LogP contribution in [0.25, 0.3) is 0 Å². The van der Waals surface area contributed by atoms with E-state index in [2.05, 4.69) is 17.3 Å². The predicted octanol–water partition coefficient (Wildman–Crippen LogP) is 3.71. The highest BCUT2D eigenvalue weighted by Crippen LogP contribution is 2.14. The fraction of sp³-hybridized carbons (Fsp3) is 0.333. The number of aromatic nitrogens is 2. The molecule has 2 aromatic rings. The molecule has 20 heavy (non-hydrogen) atoms. The summed E-state index contributed by atoms with van der Waals surface area (Å²) in [5.41, 5.74) is 1.05. The van der Waals surface area contributed by atoms with Crippen LogP contribution in [-0.4, -0.2) is 15.7 Å². The van der Waals surface area contributed by atoms with Crippen molar-refractivity contribution < 1.29 is 4.79 Å². The van der Waals surface area contributed by atoms with Gasteiger partial charge in [0.05, 0.1) is 12.7 Å². The summed E-state index contributed by atoms with van der Waals surface area (Å²) in [7, 11) is 0. The number of halogens is 1. The maximum Gasteiger partial charge on any atom is 0.225 e. The zero-order valence-electron chi connectivity index (χ0n) is 11.5. The molecule has 5 heteroatoms. The molecule has 106 valence electrons. The van der Waals surface area contributed by atoms with E-state index in [4.69, 9.17) is 11.6 Å². The van der Waals surface area contributed by atoms with Gasteiger partial charge in [-0.05, 0) is 24.1 Å². The summed E-state index contributed by atoms with van der Waals surface area (Å²) in [6, 6.07) is 9.42. The van der Waals surface area contributed by atoms with Crippen molar-refractivity contribution in [1.29, 1.82) is 0 Å². The maximum absolute atomic E-state index is 11.8. The van der Waals surface area contributed by atoms with E-state index in [1.165, 1.54) is 0 Å². The van der Waals surface area contributed by atoms with Gasteiger partial charge in [-0.15, -0.1) is 0 Å². The van der Waals surface area contributed by atoms with Crippen molar-refractivity contribution in [2.45, 2.75) is 32.7 Å². The minimum atomic E-state index is 0.0275. The van der Waals surface area contributed by atoms with E-state index in [0.717, 1.165) is 18.4 Å². The molecule has 0 radical (unpaired) electrons. The van der Waals surface area contributed by atoms with Crippen LogP contribution in [0, 0.1) is 0 Å². The lowest BCUT2D eigenvalue weighted by molar-refractivity contribution is -0.116. The smallest absolute Gasteiger partial charge is 0.225 e. The Kier molecular flexibility index (Phi) is 5.18. The van der Waals surface area contributed by atoms with Crippen molar-refractivity contribution in [3.63, 3.8) is 0 Å². The van der Waals surface area contributed by atoms with Crippen molar-refractivity contribution in [2.75, 3.05) is 5.32 Å². The van der Waals surface area contributed by atoms with Crippen LogP contribution in [0.1, 0.15) is 31.7 Å². The van der Waals surface area contributed by atoms with E-state index in [9.17, 15) is 4.79 Å². The molecule has 0 aliphatic heterocycles. The molecule has 1 N–H and O–H groups in total. The first-order chi connectivity index (χ1) is 9.69. The van der Waals surface area contributed by atoms with Crippen LogP contribution in [0.2, 0.25) is 5.02 Å². The monoisotopic (exact) mass is 291 g/mol. The molecule has 1 aromatic carbocycles. The highest BCUT2D eigenvalue weighted by Gasteiger charge is 2.07. The van der Waals surface area contributed by atoms with Crippen LogP contribution in [0.3, 0.4) is 0 Å². The van der Waals surface area contributed by atoms with Gasteiger partial charge in [0.25, 0.3) is 0 Å². The zero-order chi connectivity index (χ0) is 14.4. The van der Waals surface area contributed by atoms with Crippen LogP contribution < -0.4 is 5.32 Å². The number of unbranched alkanes of at least 4 members (excludes halogenated alkanes) is 1. The van der Waals surface area contributed by atoms with E-state index in [-0.39, 0.29) is 5.91 Å². The number of nitrogens with one attached hydrogen (secondary N) is 1. The van der Waals surface area contributed by atoms with Crippen LogP contribution in [0.15, 0.2) is 36.5 Å². The Morgan fingerprint density at radius 1 is 1.40 bits per heavy atom. The van der Waals surface area contributed by atoms with Crippen LogP contribution >= 0.6 is 11.6 Å². The molecule has 1 aromatic heterocycles. The number of amides is 1. The lowest BCUT2D eigenvalue weighted by Crippen LogP contribution is -2.15. The first-order valence-electron chi connectivity index (χ1n) is 6.75. The van der Waals surface area contributed by atoms with Crippen LogP contribution in [0.4, 0.5) is 5.82 Å². The summed E-state index contributed by atoms with van der Waals surface area (Å²) in [5, 5.41) is 7.82. The molecule has 1 heterocycles. The van der Waals surface area contributed by atoms with Gasteiger partial charge in [-0.1, -0.05) is 37.1 Å². The number of carbonyl (C=O) groups excluding carboxylic acids is 1. The normalized spacial score (nSPS) is 10.5. The van der Waals surface area contributed by atoms with Gasteiger partial charge in [-0.3, -0.25) is 4.79 Å². The van der Waals surface area contributed by atoms with Crippen molar-refractivity contribution in [3.8, 4) is 0 Å². The Balaban J connectivity index is 2.03. The summed E-state index contributed by atoms with van der Waals surface area (Å²) < 4.78 is 1.76. The molecule has 0 aliphatic carbocycles. The summed E-state index contributed by atoms with van der Waals surface area (Å²) in [5.74, 6) is 0.741. The van der Waals surface area contributed by atoms with Crippen molar-refractivity contribution in [3.05, 3.63) is 47.1 Å². The number of nitrogens with zero attached hydrogens (tertiary/aromatic N) is 2. The van der Waals surface area contributed by atoms with E-state index >= 15 is 0 Å². The molecule has 2 rings (SSSR count). The summed E-state index contributed by atoms with van der Waals surface area (Å²) in [6.45, 7) is 2.65. The van der Waals surface area contributed by atoms with Gasteiger partial charge >= 0.3 is 0 Å². The molecule has 0 atom stereocenters. The molecule has 0 saturated heterocycles. The molecule has 0 spiro atoms. The molecular formula is C15H18ClN3O. The third-order valence-corrected chi connectivity index (χ3v) is 3.20. The lowest BCUT2D eigenvalue weighted by Gasteiger charge is -2.09. The largest absolute Gasteiger partial charge is 0.311 e. The minimum absolute atomic E-state index is 0.0275. The third kappa shape index (κ3) is 4.10. The van der Waals surface area contributed by atoms with E-state index in [0.29, 0.717) is 23.8 Å². The van der Waals surface area contributed by atoms with Crippen molar-refractivity contribution in [2.24, 2.45) is 0 Å². The Hall–Kier alpha value is -1.81. The van der Waals surface area contributed by atoms with Gasteiger partial charge in [0.1, 0.15) is 5.82 Å².